The van der Waals surface area contributed by atoms with Gasteiger partial charge in [-0.1, -0.05) is 32.6 Å². The Balaban J connectivity index is 3.44. The second kappa shape index (κ2) is 7.27. The molecule has 2 N–H and O–H groups in total. The van der Waals surface area contributed by atoms with E-state index in [1.54, 1.807) is 0 Å². The van der Waals surface area contributed by atoms with Crippen molar-refractivity contribution < 1.29 is 14.6 Å². The minimum absolute atomic E-state index is 0.353. The first-order valence-corrected chi connectivity index (χ1v) is 5.09. The molecule has 0 unspecified atom stereocenters. The van der Waals surface area contributed by atoms with E-state index in [4.69, 9.17) is 10.2 Å². The number of aliphatic hydroxyl groups is 2. The molecule has 0 fully saturated rings. The zero-order chi connectivity index (χ0) is 10.3. The highest BCUT2D eigenvalue weighted by Gasteiger charge is 2.21. The highest BCUT2D eigenvalue weighted by atomic mass is 19.1. The Morgan fingerprint density at radius 2 is 1.77 bits per heavy atom. The molecule has 0 aliphatic heterocycles. The molecule has 0 saturated carbocycles. The van der Waals surface area contributed by atoms with E-state index in [2.05, 4.69) is 6.92 Å². The number of aliphatic hydroxyl groups excluding tert-OH is 2. The van der Waals surface area contributed by atoms with E-state index >= 15 is 0 Å². The van der Waals surface area contributed by atoms with Gasteiger partial charge in [-0.05, 0) is 13.3 Å². The molecule has 0 aromatic heterocycles. The monoisotopic (exact) mass is 192 g/mol. The Morgan fingerprint density at radius 1 is 1.15 bits per heavy atom. The Morgan fingerprint density at radius 3 is 2.23 bits per heavy atom. The van der Waals surface area contributed by atoms with E-state index < -0.39 is 18.4 Å². The molecule has 0 bridgehead atoms. The van der Waals surface area contributed by atoms with Crippen LogP contribution in [0.4, 0.5) is 4.39 Å². The lowest BCUT2D eigenvalue weighted by Gasteiger charge is -2.17. The third-order valence-electron chi connectivity index (χ3n) is 2.20. The van der Waals surface area contributed by atoms with Gasteiger partial charge in [-0.15, -0.1) is 0 Å². The topological polar surface area (TPSA) is 40.5 Å². The molecule has 3 heteroatoms. The summed E-state index contributed by atoms with van der Waals surface area (Å²) in [7, 11) is 0. The van der Waals surface area contributed by atoms with Crippen LogP contribution in [0.3, 0.4) is 0 Å². The SMILES string of the molecule is CCCCCC[C@@H](F)[C@@H](O)[C@H](C)O. The lowest BCUT2D eigenvalue weighted by atomic mass is 10.0. The van der Waals surface area contributed by atoms with Crippen LogP contribution < -0.4 is 0 Å². The summed E-state index contributed by atoms with van der Waals surface area (Å²) in [6.07, 6.45) is 0.904. The fraction of sp³-hybridized carbons (Fsp3) is 1.00. The number of hydrogen-bond acceptors (Lipinski definition) is 2. The fourth-order valence-corrected chi connectivity index (χ4v) is 1.24. The first-order chi connectivity index (χ1) is 6.09. The van der Waals surface area contributed by atoms with Crippen LogP contribution in [0.5, 0.6) is 0 Å². The zero-order valence-electron chi connectivity index (χ0n) is 8.54. The van der Waals surface area contributed by atoms with Gasteiger partial charge in [-0.2, -0.15) is 0 Å². The normalized spacial score (nSPS) is 18.2. The Kier molecular flexibility index (Phi) is 7.19. The van der Waals surface area contributed by atoms with Crippen molar-refractivity contribution >= 4 is 0 Å². The largest absolute Gasteiger partial charge is 0.391 e. The van der Waals surface area contributed by atoms with E-state index in [0.29, 0.717) is 6.42 Å². The van der Waals surface area contributed by atoms with E-state index in [1.165, 1.54) is 6.92 Å². The van der Waals surface area contributed by atoms with Gasteiger partial charge in [0.2, 0.25) is 0 Å². The van der Waals surface area contributed by atoms with Crippen molar-refractivity contribution in [1.29, 1.82) is 0 Å². The molecule has 0 aromatic carbocycles. The van der Waals surface area contributed by atoms with Gasteiger partial charge in [-0.3, -0.25) is 0 Å². The van der Waals surface area contributed by atoms with Gasteiger partial charge >= 0.3 is 0 Å². The zero-order valence-corrected chi connectivity index (χ0v) is 8.54. The maximum atomic E-state index is 13.1. The van der Waals surface area contributed by atoms with Gasteiger partial charge in [0.15, 0.2) is 0 Å². The summed E-state index contributed by atoms with van der Waals surface area (Å²) in [6, 6.07) is 0. The van der Waals surface area contributed by atoms with Crippen LogP contribution >= 0.6 is 0 Å². The number of halogens is 1. The quantitative estimate of drug-likeness (QED) is 0.606. The first-order valence-electron chi connectivity index (χ1n) is 5.09. The fourth-order valence-electron chi connectivity index (χ4n) is 1.24. The van der Waals surface area contributed by atoms with Crippen LogP contribution in [0.15, 0.2) is 0 Å². The third-order valence-corrected chi connectivity index (χ3v) is 2.20. The number of hydrogen-bond donors (Lipinski definition) is 2. The van der Waals surface area contributed by atoms with Crippen LogP contribution in [0.1, 0.15) is 46.0 Å². The molecule has 0 aliphatic rings. The molecule has 0 aliphatic carbocycles. The van der Waals surface area contributed by atoms with E-state index in [-0.39, 0.29) is 0 Å². The number of rotatable bonds is 7. The van der Waals surface area contributed by atoms with E-state index in [1.807, 2.05) is 0 Å². The molecule has 0 spiro atoms. The second-order valence-corrected chi connectivity index (χ2v) is 3.60. The molecular weight excluding hydrogens is 171 g/mol. The van der Waals surface area contributed by atoms with Gasteiger partial charge in [0.05, 0.1) is 6.10 Å². The summed E-state index contributed by atoms with van der Waals surface area (Å²) in [5.74, 6) is 0. The maximum absolute atomic E-state index is 13.1. The van der Waals surface area contributed by atoms with Crippen molar-refractivity contribution in [2.24, 2.45) is 0 Å². The first kappa shape index (κ1) is 12.8. The van der Waals surface area contributed by atoms with Crippen LogP contribution in [0.2, 0.25) is 0 Å². The molecule has 0 amide bonds. The van der Waals surface area contributed by atoms with Crippen molar-refractivity contribution in [3.05, 3.63) is 0 Å². The highest BCUT2D eigenvalue weighted by molar-refractivity contribution is 4.72. The minimum Gasteiger partial charge on any atom is -0.391 e. The summed E-state index contributed by atoms with van der Waals surface area (Å²) in [5.41, 5.74) is 0. The predicted octanol–water partition coefficient (Wildman–Crippen LogP) is 2.04. The smallest absolute Gasteiger partial charge is 0.128 e. The van der Waals surface area contributed by atoms with Gasteiger partial charge in [0.1, 0.15) is 12.3 Å². The molecule has 0 heterocycles. The summed E-state index contributed by atoms with van der Waals surface area (Å²) >= 11 is 0. The molecule has 3 atom stereocenters. The Labute approximate surface area is 79.8 Å². The third kappa shape index (κ3) is 5.99. The standard InChI is InChI=1S/C10H21FO2/c1-3-4-5-6-7-9(11)10(13)8(2)12/h8-10,12-13H,3-7H2,1-2H3/t8-,9+,10-/m0/s1. The Hall–Kier alpha value is -0.150. The summed E-state index contributed by atoms with van der Waals surface area (Å²) < 4.78 is 13.1. The van der Waals surface area contributed by atoms with Crippen molar-refractivity contribution in [3.63, 3.8) is 0 Å². The number of alkyl halides is 1. The highest BCUT2D eigenvalue weighted by Crippen LogP contribution is 2.13. The Bertz CT molecular complexity index is 117. The van der Waals surface area contributed by atoms with Gasteiger partial charge in [0, 0.05) is 0 Å². The van der Waals surface area contributed by atoms with Crippen LogP contribution in [-0.2, 0) is 0 Å². The average molecular weight is 192 g/mol. The van der Waals surface area contributed by atoms with Crippen molar-refractivity contribution in [2.75, 3.05) is 0 Å². The molecule has 80 valence electrons. The summed E-state index contributed by atoms with van der Waals surface area (Å²) in [5, 5.41) is 18.0. The van der Waals surface area contributed by atoms with Crippen LogP contribution in [0.25, 0.3) is 0 Å². The molecule has 0 rings (SSSR count). The lowest BCUT2D eigenvalue weighted by Crippen LogP contribution is -2.32. The van der Waals surface area contributed by atoms with Crippen molar-refractivity contribution in [2.45, 2.75) is 64.3 Å². The van der Waals surface area contributed by atoms with Crippen molar-refractivity contribution in [3.8, 4) is 0 Å². The average Bonchev–Trinajstić information content (AvgIpc) is 2.10. The molecule has 0 aromatic rings. The maximum Gasteiger partial charge on any atom is 0.128 e. The molecule has 13 heavy (non-hydrogen) atoms. The lowest BCUT2D eigenvalue weighted by molar-refractivity contribution is -0.0226. The van der Waals surface area contributed by atoms with E-state index in [0.717, 1.165) is 25.7 Å². The van der Waals surface area contributed by atoms with Crippen molar-refractivity contribution in [1.82, 2.24) is 0 Å². The summed E-state index contributed by atoms with van der Waals surface area (Å²) in [4.78, 5) is 0. The second-order valence-electron chi connectivity index (χ2n) is 3.60. The van der Waals surface area contributed by atoms with Crippen LogP contribution in [-0.4, -0.2) is 28.6 Å². The van der Waals surface area contributed by atoms with E-state index in [9.17, 15) is 4.39 Å². The molecular formula is C10H21FO2. The molecule has 0 radical (unpaired) electrons. The van der Waals surface area contributed by atoms with Gasteiger partial charge in [-0.25, -0.2) is 4.39 Å². The van der Waals surface area contributed by atoms with Gasteiger partial charge < -0.3 is 10.2 Å². The summed E-state index contributed by atoms with van der Waals surface area (Å²) in [6.45, 7) is 3.50. The predicted molar refractivity (Wildman–Crippen MR) is 51.3 cm³/mol. The van der Waals surface area contributed by atoms with Gasteiger partial charge in [0.25, 0.3) is 0 Å². The minimum atomic E-state index is -1.28. The molecule has 2 nitrogen and oxygen atoms in total. The number of unbranched alkanes of at least 4 members (excludes halogenated alkanes) is 3. The van der Waals surface area contributed by atoms with Crippen LogP contribution in [0, 0.1) is 0 Å². The molecule has 0 saturated heterocycles.